The zero-order chi connectivity index (χ0) is 15.2. The second-order valence-corrected chi connectivity index (χ2v) is 4.97. The maximum absolute atomic E-state index is 11.4. The zero-order valence-electron chi connectivity index (χ0n) is 11.2. The minimum atomic E-state index is -1.03. The number of ether oxygens (including phenoxy) is 1. The third-order valence-corrected chi connectivity index (χ3v) is 3.51. The van der Waals surface area contributed by atoms with Crippen LogP contribution in [-0.4, -0.2) is 40.7 Å². The van der Waals surface area contributed by atoms with E-state index >= 15 is 0 Å². The van der Waals surface area contributed by atoms with E-state index in [0.717, 1.165) is 5.01 Å². The Bertz CT molecular complexity index is 656. The number of carbonyl (C=O) groups is 2. The van der Waals surface area contributed by atoms with E-state index in [2.05, 4.69) is 20.0 Å². The molecule has 0 fully saturated rings. The molecule has 8 heteroatoms. The fraction of sp³-hybridized carbons (Fsp3) is 0.231. The van der Waals surface area contributed by atoms with Gasteiger partial charge >= 0.3 is 11.9 Å². The van der Waals surface area contributed by atoms with Crippen LogP contribution in [0.1, 0.15) is 25.9 Å². The highest BCUT2D eigenvalue weighted by Gasteiger charge is 2.09. The number of nitrogens with one attached hydrogen (secondary N) is 1. The summed E-state index contributed by atoms with van der Waals surface area (Å²) in [6, 6.07) is 3.16. The van der Waals surface area contributed by atoms with Crippen LogP contribution < -0.4 is 5.32 Å². The fourth-order valence-corrected chi connectivity index (χ4v) is 2.37. The van der Waals surface area contributed by atoms with Crippen molar-refractivity contribution >= 4 is 29.1 Å². The third-order valence-electron chi connectivity index (χ3n) is 2.60. The Morgan fingerprint density at radius 1 is 1.48 bits per heavy atom. The molecule has 2 aromatic heterocycles. The molecule has 2 rings (SSSR count). The van der Waals surface area contributed by atoms with Crippen LogP contribution in [0.2, 0.25) is 0 Å². The number of pyridine rings is 1. The molecule has 0 atom stereocenters. The van der Waals surface area contributed by atoms with Gasteiger partial charge in [-0.3, -0.25) is 0 Å². The van der Waals surface area contributed by atoms with Gasteiger partial charge in [0, 0.05) is 24.5 Å². The fourth-order valence-electron chi connectivity index (χ4n) is 1.59. The summed E-state index contributed by atoms with van der Waals surface area (Å²) in [5.41, 5.74) is 0.471. The number of nitrogens with zero attached hydrogens (tertiary/aromatic N) is 2. The molecule has 2 heterocycles. The van der Waals surface area contributed by atoms with Crippen molar-refractivity contribution in [1.82, 2.24) is 9.97 Å². The smallest absolute Gasteiger partial charge is 0.355 e. The van der Waals surface area contributed by atoms with Crippen molar-refractivity contribution in [3.05, 3.63) is 40.0 Å². The largest absolute Gasteiger partial charge is 0.476 e. The highest BCUT2D eigenvalue weighted by atomic mass is 32.1. The summed E-state index contributed by atoms with van der Waals surface area (Å²) in [6.07, 6.45) is 2.09. The van der Waals surface area contributed by atoms with E-state index in [1.807, 2.05) is 0 Å². The summed E-state index contributed by atoms with van der Waals surface area (Å²) in [5, 5.41) is 14.1. The van der Waals surface area contributed by atoms with Crippen LogP contribution >= 0.6 is 11.3 Å². The quantitative estimate of drug-likeness (QED) is 0.783. The number of aromatic nitrogens is 2. The first-order valence-electron chi connectivity index (χ1n) is 6.06. The lowest BCUT2D eigenvalue weighted by atomic mass is 10.2. The number of aromatic carboxylic acids is 1. The van der Waals surface area contributed by atoms with Crippen LogP contribution in [0.4, 0.5) is 5.82 Å². The van der Waals surface area contributed by atoms with Crippen molar-refractivity contribution in [1.29, 1.82) is 0 Å². The van der Waals surface area contributed by atoms with Gasteiger partial charge in [0.15, 0.2) is 5.69 Å². The number of esters is 1. The maximum Gasteiger partial charge on any atom is 0.355 e. The number of carboxylic acids is 1. The third kappa shape index (κ3) is 3.99. The molecular weight excluding hydrogens is 294 g/mol. The summed E-state index contributed by atoms with van der Waals surface area (Å²) in [4.78, 5) is 30.2. The highest BCUT2D eigenvalue weighted by molar-refractivity contribution is 7.09. The van der Waals surface area contributed by atoms with E-state index in [1.165, 1.54) is 30.0 Å². The predicted molar refractivity (Wildman–Crippen MR) is 76.8 cm³/mol. The number of hydrogen-bond donors (Lipinski definition) is 2. The van der Waals surface area contributed by atoms with Gasteiger partial charge in [0.05, 0.1) is 17.7 Å². The molecule has 0 saturated carbocycles. The van der Waals surface area contributed by atoms with E-state index in [4.69, 9.17) is 5.11 Å². The van der Waals surface area contributed by atoms with Gasteiger partial charge in [-0.15, -0.1) is 11.3 Å². The van der Waals surface area contributed by atoms with Crippen molar-refractivity contribution in [3.63, 3.8) is 0 Å². The van der Waals surface area contributed by atoms with Crippen molar-refractivity contribution < 1.29 is 19.4 Å². The number of hydrogen-bond acceptors (Lipinski definition) is 7. The lowest BCUT2D eigenvalue weighted by molar-refractivity contribution is 0.0599. The Kier molecular flexibility index (Phi) is 4.83. The Morgan fingerprint density at radius 3 is 2.95 bits per heavy atom. The number of thiazole rings is 1. The van der Waals surface area contributed by atoms with Gasteiger partial charge in [0.2, 0.25) is 0 Å². The Balaban J connectivity index is 1.91. The molecule has 2 N–H and O–H groups in total. The lowest BCUT2D eigenvalue weighted by Gasteiger charge is -2.05. The molecule has 0 bridgehead atoms. The Hall–Kier alpha value is -2.48. The number of methoxy groups -OCH3 is 1. The van der Waals surface area contributed by atoms with Gasteiger partial charge in [-0.25, -0.2) is 19.6 Å². The van der Waals surface area contributed by atoms with Crippen molar-refractivity contribution in [2.24, 2.45) is 0 Å². The summed E-state index contributed by atoms with van der Waals surface area (Å²) in [5.74, 6) is -0.905. The first kappa shape index (κ1) is 14.9. The molecule has 0 aromatic carbocycles. The maximum atomic E-state index is 11.4. The Morgan fingerprint density at radius 2 is 2.29 bits per heavy atom. The summed E-state index contributed by atoms with van der Waals surface area (Å²) < 4.78 is 4.63. The second kappa shape index (κ2) is 6.80. The van der Waals surface area contributed by atoms with Crippen LogP contribution in [0.3, 0.4) is 0 Å². The van der Waals surface area contributed by atoms with E-state index in [9.17, 15) is 9.59 Å². The lowest BCUT2D eigenvalue weighted by Crippen LogP contribution is -2.08. The van der Waals surface area contributed by atoms with Crippen LogP contribution in [-0.2, 0) is 11.2 Å². The van der Waals surface area contributed by atoms with Crippen LogP contribution in [0, 0.1) is 0 Å². The molecule has 0 aliphatic carbocycles. The molecule has 0 amide bonds. The minimum Gasteiger partial charge on any atom is -0.476 e. The van der Waals surface area contributed by atoms with Crippen molar-refractivity contribution in [2.75, 3.05) is 19.0 Å². The van der Waals surface area contributed by atoms with E-state index in [0.29, 0.717) is 24.3 Å². The van der Waals surface area contributed by atoms with Gasteiger partial charge in [-0.1, -0.05) is 0 Å². The van der Waals surface area contributed by atoms with Gasteiger partial charge < -0.3 is 15.2 Å². The second-order valence-electron chi connectivity index (χ2n) is 4.03. The first-order chi connectivity index (χ1) is 10.1. The van der Waals surface area contributed by atoms with Crippen LogP contribution in [0.25, 0.3) is 0 Å². The van der Waals surface area contributed by atoms with Gasteiger partial charge in [0.1, 0.15) is 5.82 Å². The predicted octanol–water partition coefficient (Wildman–Crippen LogP) is 1.68. The van der Waals surface area contributed by atoms with Gasteiger partial charge in [-0.2, -0.15) is 0 Å². The van der Waals surface area contributed by atoms with Gasteiger partial charge in [-0.05, 0) is 12.1 Å². The number of carboxylic acid groups (broad SMARTS) is 1. The number of anilines is 1. The normalized spacial score (nSPS) is 10.1. The molecule has 110 valence electrons. The summed E-state index contributed by atoms with van der Waals surface area (Å²) in [7, 11) is 1.32. The topological polar surface area (TPSA) is 101 Å². The molecule has 0 spiro atoms. The molecule has 2 aromatic rings. The van der Waals surface area contributed by atoms with E-state index in [-0.39, 0.29) is 5.69 Å². The molecule has 7 nitrogen and oxygen atoms in total. The standard InChI is InChI=1S/C13H13N3O4S/c1-20-13(19)8-2-4-14-10(6-8)15-5-3-11-16-9(7-21-11)12(17)18/h2,4,6-7H,3,5H2,1H3,(H,14,15)(H,17,18). The summed E-state index contributed by atoms with van der Waals surface area (Å²) >= 11 is 1.30. The van der Waals surface area contributed by atoms with E-state index < -0.39 is 11.9 Å². The molecule has 0 aliphatic rings. The molecule has 0 unspecified atom stereocenters. The molecule has 0 saturated heterocycles. The average Bonchev–Trinajstić information content (AvgIpc) is 2.96. The molecule has 0 aliphatic heterocycles. The average molecular weight is 307 g/mol. The van der Waals surface area contributed by atoms with Gasteiger partial charge in [0.25, 0.3) is 0 Å². The molecular formula is C13H13N3O4S. The van der Waals surface area contributed by atoms with Crippen LogP contribution in [0.5, 0.6) is 0 Å². The Labute approximate surface area is 124 Å². The first-order valence-corrected chi connectivity index (χ1v) is 6.94. The summed E-state index contributed by atoms with van der Waals surface area (Å²) in [6.45, 7) is 0.532. The zero-order valence-corrected chi connectivity index (χ0v) is 12.0. The molecule has 0 radical (unpaired) electrons. The minimum absolute atomic E-state index is 0.0563. The van der Waals surface area contributed by atoms with E-state index in [1.54, 1.807) is 12.1 Å². The van der Waals surface area contributed by atoms with Crippen LogP contribution in [0.15, 0.2) is 23.7 Å². The number of carbonyl (C=O) groups excluding carboxylic acids is 1. The van der Waals surface area contributed by atoms with Crippen molar-refractivity contribution in [2.45, 2.75) is 6.42 Å². The SMILES string of the molecule is COC(=O)c1ccnc(NCCc2nc(C(=O)O)cs2)c1. The highest BCUT2D eigenvalue weighted by Crippen LogP contribution is 2.12. The molecule has 21 heavy (non-hydrogen) atoms. The number of rotatable bonds is 6. The monoisotopic (exact) mass is 307 g/mol. The van der Waals surface area contributed by atoms with Crippen molar-refractivity contribution in [3.8, 4) is 0 Å².